The first-order chi connectivity index (χ1) is 7.03. The van der Waals surface area contributed by atoms with Crippen LogP contribution in [0.25, 0.3) is 0 Å². The van der Waals surface area contributed by atoms with Gasteiger partial charge in [0.1, 0.15) is 6.54 Å². The van der Waals surface area contributed by atoms with Crippen LogP contribution in [0.5, 0.6) is 0 Å². The van der Waals surface area contributed by atoms with Crippen LogP contribution in [0, 0.1) is 22.7 Å². The molecular weight excluding hydrogens is 188 g/mol. The first-order valence-electron chi connectivity index (χ1n) is 5.67. The summed E-state index contributed by atoms with van der Waals surface area (Å²) in [5.41, 5.74) is 0.458. The second kappa shape index (κ2) is 5.16. The Morgan fingerprint density at radius 2 is 2.07 bits per heavy atom. The largest absolute Gasteiger partial charge is 0.343 e. The lowest BCUT2D eigenvalue weighted by Gasteiger charge is -2.33. The molecule has 1 saturated carbocycles. The molecule has 0 aromatic carbocycles. The van der Waals surface area contributed by atoms with Gasteiger partial charge in [0.25, 0.3) is 0 Å². The van der Waals surface area contributed by atoms with E-state index < -0.39 is 0 Å². The highest BCUT2D eigenvalue weighted by molar-refractivity contribution is 5.76. The Labute approximate surface area is 91.9 Å². The van der Waals surface area contributed by atoms with Crippen molar-refractivity contribution in [1.82, 2.24) is 5.32 Å². The minimum absolute atomic E-state index is 0.0289. The van der Waals surface area contributed by atoms with E-state index in [0.717, 1.165) is 12.8 Å². The van der Waals surface area contributed by atoms with E-state index >= 15 is 0 Å². The van der Waals surface area contributed by atoms with Crippen molar-refractivity contribution in [2.75, 3.05) is 6.54 Å². The number of hydrogen-bond acceptors (Lipinski definition) is 2. The molecule has 0 heterocycles. The predicted molar refractivity (Wildman–Crippen MR) is 59.0 cm³/mol. The van der Waals surface area contributed by atoms with Gasteiger partial charge in [-0.2, -0.15) is 5.26 Å². The van der Waals surface area contributed by atoms with E-state index in [9.17, 15) is 4.79 Å². The van der Waals surface area contributed by atoms with E-state index in [1.165, 1.54) is 12.8 Å². The first-order valence-corrected chi connectivity index (χ1v) is 5.67. The second-order valence-corrected chi connectivity index (χ2v) is 5.25. The lowest BCUT2D eigenvalue weighted by Crippen LogP contribution is -2.29. The molecule has 1 fully saturated rings. The third-order valence-electron chi connectivity index (χ3n) is 3.30. The fourth-order valence-electron chi connectivity index (χ4n) is 2.14. The van der Waals surface area contributed by atoms with Crippen molar-refractivity contribution in [2.24, 2.45) is 11.3 Å². The lowest BCUT2D eigenvalue weighted by molar-refractivity contribution is -0.122. The number of nitrogens with one attached hydrogen (secondary N) is 1. The number of hydrogen-bond donors (Lipinski definition) is 1. The summed E-state index contributed by atoms with van der Waals surface area (Å²) < 4.78 is 0. The van der Waals surface area contributed by atoms with Crippen molar-refractivity contribution < 1.29 is 4.79 Å². The summed E-state index contributed by atoms with van der Waals surface area (Å²) in [6.45, 7) is 4.72. The monoisotopic (exact) mass is 208 g/mol. The van der Waals surface area contributed by atoms with Crippen LogP contribution in [0.15, 0.2) is 0 Å². The Bertz CT molecular complexity index is 255. The fourth-order valence-corrected chi connectivity index (χ4v) is 2.14. The molecule has 0 saturated heterocycles. The standard InChI is InChI=1S/C12H20N2O/c1-12(2)5-3-10(4-6-12)9-11(15)14-8-7-13/h10H,3-6,8-9H2,1-2H3,(H,14,15). The number of nitrogens with zero attached hydrogens (tertiary/aromatic N) is 1. The third-order valence-corrected chi connectivity index (χ3v) is 3.30. The van der Waals surface area contributed by atoms with E-state index in [4.69, 9.17) is 5.26 Å². The molecule has 0 spiro atoms. The first kappa shape index (κ1) is 12.0. The van der Waals surface area contributed by atoms with Gasteiger partial charge in [-0.05, 0) is 37.0 Å². The topological polar surface area (TPSA) is 52.9 Å². The van der Waals surface area contributed by atoms with E-state index in [0.29, 0.717) is 17.8 Å². The maximum atomic E-state index is 11.4. The molecule has 0 atom stereocenters. The Morgan fingerprint density at radius 1 is 1.47 bits per heavy atom. The molecule has 0 unspecified atom stereocenters. The summed E-state index contributed by atoms with van der Waals surface area (Å²) in [6, 6.07) is 1.92. The van der Waals surface area contributed by atoms with Crippen LogP contribution >= 0.6 is 0 Å². The Kier molecular flexibility index (Phi) is 4.14. The number of amides is 1. The van der Waals surface area contributed by atoms with Crippen LogP contribution < -0.4 is 5.32 Å². The number of carbonyl (C=O) groups is 1. The molecule has 3 heteroatoms. The van der Waals surface area contributed by atoms with Crippen molar-refractivity contribution in [2.45, 2.75) is 46.0 Å². The van der Waals surface area contributed by atoms with Gasteiger partial charge in [0.15, 0.2) is 0 Å². The summed E-state index contributed by atoms with van der Waals surface area (Å²) in [5, 5.41) is 10.9. The molecule has 0 aromatic rings. The quantitative estimate of drug-likeness (QED) is 0.723. The summed E-state index contributed by atoms with van der Waals surface area (Å²) in [4.78, 5) is 11.4. The fraction of sp³-hybridized carbons (Fsp3) is 0.833. The summed E-state index contributed by atoms with van der Waals surface area (Å²) in [7, 11) is 0. The number of carbonyl (C=O) groups excluding carboxylic acids is 1. The van der Waals surface area contributed by atoms with Gasteiger partial charge in [-0.25, -0.2) is 0 Å². The average molecular weight is 208 g/mol. The van der Waals surface area contributed by atoms with Crippen molar-refractivity contribution in [1.29, 1.82) is 5.26 Å². The molecule has 1 aliphatic carbocycles. The van der Waals surface area contributed by atoms with E-state index in [-0.39, 0.29) is 12.5 Å². The second-order valence-electron chi connectivity index (χ2n) is 5.25. The molecule has 1 amide bonds. The molecule has 15 heavy (non-hydrogen) atoms. The molecule has 0 bridgehead atoms. The minimum Gasteiger partial charge on any atom is -0.343 e. The predicted octanol–water partition coefficient (Wildman–Crippen LogP) is 2.23. The Morgan fingerprint density at radius 3 is 2.60 bits per heavy atom. The average Bonchev–Trinajstić information content (AvgIpc) is 2.18. The Balaban J connectivity index is 2.24. The molecule has 1 rings (SSSR count). The molecule has 84 valence electrons. The SMILES string of the molecule is CC1(C)CCC(CC(=O)NCC#N)CC1. The van der Waals surface area contributed by atoms with Crippen molar-refractivity contribution in [3.05, 3.63) is 0 Å². The third kappa shape index (κ3) is 4.33. The van der Waals surface area contributed by atoms with Crippen LogP contribution in [0.1, 0.15) is 46.0 Å². The van der Waals surface area contributed by atoms with E-state index in [1.54, 1.807) is 0 Å². The zero-order valence-electron chi connectivity index (χ0n) is 9.68. The van der Waals surface area contributed by atoms with Gasteiger partial charge in [-0.3, -0.25) is 4.79 Å². The van der Waals surface area contributed by atoms with Gasteiger partial charge in [-0.1, -0.05) is 13.8 Å². The van der Waals surface area contributed by atoms with E-state index in [2.05, 4.69) is 19.2 Å². The summed E-state index contributed by atoms with van der Waals surface area (Å²) in [6.07, 6.45) is 5.31. The van der Waals surface area contributed by atoms with Gasteiger partial charge in [0, 0.05) is 6.42 Å². The molecule has 0 aromatic heterocycles. The number of nitriles is 1. The summed E-state index contributed by atoms with van der Waals surface area (Å²) in [5.74, 6) is 0.554. The van der Waals surface area contributed by atoms with E-state index in [1.807, 2.05) is 6.07 Å². The van der Waals surface area contributed by atoms with Crippen LogP contribution in [-0.2, 0) is 4.79 Å². The van der Waals surface area contributed by atoms with Crippen LogP contribution in [-0.4, -0.2) is 12.5 Å². The van der Waals surface area contributed by atoms with Crippen LogP contribution in [0.4, 0.5) is 0 Å². The van der Waals surface area contributed by atoms with Gasteiger partial charge in [0.2, 0.25) is 5.91 Å². The van der Waals surface area contributed by atoms with Gasteiger partial charge < -0.3 is 5.32 Å². The highest BCUT2D eigenvalue weighted by Crippen LogP contribution is 2.38. The van der Waals surface area contributed by atoms with Crippen molar-refractivity contribution in [3.63, 3.8) is 0 Å². The highest BCUT2D eigenvalue weighted by atomic mass is 16.1. The normalized spacial score (nSPS) is 20.6. The van der Waals surface area contributed by atoms with Crippen molar-refractivity contribution >= 4 is 5.91 Å². The van der Waals surface area contributed by atoms with Crippen molar-refractivity contribution in [3.8, 4) is 6.07 Å². The minimum atomic E-state index is 0.0289. The van der Waals surface area contributed by atoms with Crippen LogP contribution in [0.2, 0.25) is 0 Å². The molecule has 1 N–H and O–H groups in total. The molecule has 0 radical (unpaired) electrons. The zero-order chi connectivity index (χ0) is 11.3. The Hall–Kier alpha value is -1.04. The smallest absolute Gasteiger partial charge is 0.221 e. The van der Waals surface area contributed by atoms with Crippen LogP contribution in [0.3, 0.4) is 0 Å². The van der Waals surface area contributed by atoms with Gasteiger partial charge in [-0.15, -0.1) is 0 Å². The molecular formula is C12H20N2O. The molecule has 3 nitrogen and oxygen atoms in total. The maximum absolute atomic E-state index is 11.4. The molecule has 1 aliphatic rings. The maximum Gasteiger partial charge on any atom is 0.221 e. The highest BCUT2D eigenvalue weighted by Gasteiger charge is 2.27. The zero-order valence-corrected chi connectivity index (χ0v) is 9.68. The van der Waals surface area contributed by atoms with Gasteiger partial charge >= 0.3 is 0 Å². The summed E-state index contributed by atoms with van der Waals surface area (Å²) >= 11 is 0. The molecule has 0 aliphatic heterocycles. The lowest BCUT2D eigenvalue weighted by atomic mass is 9.72. The number of rotatable bonds is 3. The van der Waals surface area contributed by atoms with Gasteiger partial charge in [0.05, 0.1) is 6.07 Å².